The van der Waals surface area contributed by atoms with E-state index >= 15 is 0 Å². The number of rotatable bonds is 3. The van der Waals surface area contributed by atoms with Crippen molar-refractivity contribution in [3.05, 3.63) is 23.8 Å². The first kappa shape index (κ1) is 13.7. The second-order valence-corrected chi connectivity index (χ2v) is 6.72. The number of nitrogens with one attached hydrogen (secondary N) is 1. The summed E-state index contributed by atoms with van der Waals surface area (Å²) < 4.78 is 6.20. The quantitative estimate of drug-likeness (QED) is 0.916. The van der Waals surface area contributed by atoms with Crippen LogP contribution in [0.3, 0.4) is 0 Å². The van der Waals surface area contributed by atoms with Gasteiger partial charge in [0.1, 0.15) is 5.75 Å². The number of anilines is 1. The van der Waals surface area contributed by atoms with Crippen LogP contribution in [0.5, 0.6) is 5.75 Å². The maximum atomic E-state index is 6.20. The molecule has 1 aromatic carbocycles. The van der Waals surface area contributed by atoms with E-state index in [2.05, 4.69) is 42.4 Å². The van der Waals surface area contributed by atoms with E-state index in [1.54, 1.807) is 0 Å². The largest absolute Gasteiger partial charge is 0.491 e. The highest BCUT2D eigenvalue weighted by molar-refractivity contribution is 5.63. The SMILES string of the molecule is CN1CCC(C)(COc2cccc3c2NCCC3)CC1. The number of nitrogens with zero attached hydrogens (tertiary/aromatic N) is 1. The molecule has 2 aliphatic heterocycles. The average molecular weight is 274 g/mol. The van der Waals surface area contributed by atoms with Gasteiger partial charge in [-0.1, -0.05) is 19.1 Å². The summed E-state index contributed by atoms with van der Waals surface area (Å²) in [6.07, 6.45) is 4.85. The molecule has 3 rings (SSSR count). The molecule has 1 saturated heterocycles. The third-order valence-electron chi connectivity index (χ3n) is 4.81. The predicted octanol–water partition coefficient (Wildman–Crippen LogP) is 3.16. The Kier molecular flexibility index (Phi) is 3.88. The Morgan fingerprint density at radius 1 is 1.30 bits per heavy atom. The van der Waals surface area contributed by atoms with Crippen molar-refractivity contribution < 1.29 is 4.74 Å². The summed E-state index contributed by atoms with van der Waals surface area (Å²) >= 11 is 0. The first-order chi connectivity index (χ1) is 9.66. The molecule has 1 fully saturated rings. The zero-order valence-corrected chi connectivity index (χ0v) is 12.7. The van der Waals surface area contributed by atoms with Crippen LogP contribution >= 0.6 is 0 Å². The molecule has 0 aromatic heterocycles. The normalized spacial score (nSPS) is 21.9. The average Bonchev–Trinajstić information content (AvgIpc) is 2.49. The van der Waals surface area contributed by atoms with Crippen molar-refractivity contribution in [1.82, 2.24) is 4.90 Å². The van der Waals surface area contributed by atoms with Crippen LogP contribution in [0.1, 0.15) is 31.7 Å². The third kappa shape index (κ3) is 2.93. The van der Waals surface area contributed by atoms with E-state index in [0.717, 1.165) is 18.9 Å². The van der Waals surface area contributed by atoms with Gasteiger partial charge in [-0.3, -0.25) is 0 Å². The molecule has 110 valence electrons. The minimum Gasteiger partial charge on any atom is -0.491 e. The lowest BCUT2D eigenvalue weighted by Gasteiger charge is -2.37. The summed E-state index contributed by atoms with van der Waals surface area (Å²) in [6, 6.07) is 6.44. The molecule has 1 aromatic rings. The summed E-state index contributed by atoms with van der Waals surface area (Å²) in [5.74, 6) is 1.04. The van der Waals surface area contributed by atoms with E-state index < -0.39 is 0 Å². The van der Waals surface area contributed by atoms with Crippen molar-refractivity contribution >= 4 is 5.69 Å². The predicted molar refractivity (Wildman–Crippen MR) is 83.6 cm³/mol. The molecule has 0 aliphatic carbocycles. The van der Waals surface area contributed by atoms with Crippen molar-refractivity contribution in [3.63, 3.8) is 0 Å². The Bertz CT molecular complexity index is 464. The fraction of sp³-hybridized carbons (Fsp3) is 0.647. The Hall–Kier alpha value is -1.22. The Morgan fingerprint density at radius 2 is 2.10 bits per heavy atom. The molecule has 0 amide bonds. The van der Waals surface area contributed by atoms with E-state index in [1.807, 2.05) is 0 Å². The molecule has 0 saturated carbocycles. The van der Waals surface area contributed by atoms with Crippen LogP contribution in [0.25, 0.3) is 0 Å². The molecule has 3 nitrogen and oxygen atoms in total. The van der Waals surface area contributed by atoms with Gasteiger partial charge in [-0.15, -0.1) is 0 Å². The fourth-order valence-electron chi connectivity index (χ4n) is 3.15. The van der Waals surface area contributed by atoms with Crippen LogP contribution in [0.15, 0.2) is 18.2 Å². The first-order valence-electron chi connectivity index (χ1n) is 7.83. The van der Waals surface area contributed by atoms with Crippen LogP contribution < -0.4 is 10.1 Å². The van der Waals surface area contributed by atoms with Gasteiger partial charge >= 0.3 is 0 Å². The molecule has 0 atom stereocenters. The van der Waals surface area contributed by atoms with E-state index in [1.165, 1.54) is 50.0 Å². The van der Waals surface area contributed by atoms with Crippen molar-refractivity contribution in [3.8, 4) is 5.75 Å². The molecule has 3 heteroatoms. The summed E-state index contributed by atoms with van der Waals surface area (Å²) in [6.45, 7) is 6.63. The minimum absolute atomic E-state index is 0.323. The Balaban J connectivity index is 1.66. The van der Waals surface area contributed by atoms with Crippen LogP contribution in [0.2, 0.25) is 0 Å². The molecule has 0 bridgehead atoms. The van der Waals surface area contributed by atoms with Gasteiger partial charge in [-0.25, -0.2) is 0 Å². The van der Waals surface area contributed by atoms with Crippen molar-refractivity contribution in [2.24, 2.45) is 5.41 Å². The monoisotopic (exact) mass is 274 g/mol. The standard InChI is InChI=1S/C17H26N2O/c1-17(8-11-19(2)12-9-17)13-20-15-7-3-5-14-6-4-10-18-16(14)15/h3,5,7,18H,4,6,8-13H2,1-2H3. The van der Waals surface area contributed by atoms with Crippen LogP contribution in [-0.2, 0) is 6.42 Å². The number of hydrogen-bond donors (Lipinski definition) is 1. The second kappa shape index (κ2) is 5.65. The number of benzene rings is 1. The lowest BCUT2D eigenvalue weighted by molar-refractivity contribution is 0.0806. The van der Waals surface area contributed by atoms with E-state index in [-0.39, 0.29) is 0 Å². The van der Waals surface area contributed by atoms with Crippen molar-refractivity contribution in [1.29, 1.82) is 0 Å². The minimum atomic E-state index is 0.323. The fourth-order valence-corrected chi connectivity index (χ4v) is 3.15. The van der Waals surface area contributed by atoms with Crippen LogP contribution in [0.4, 0.5) is 5.69 Å². The number of aryl methyl sites for hydroxylation is 1. The molecule has 2 heterocycles. The third-order valence-corrected chi connectivity index (χ3v) is 4.81. The number of hydrogen-bond acceptors (Lipinski definition) is 3. The van der Waals surface area contributed by atoms with Gasteiger partial charge in [-0.05, 0) is 57.5 Å². The van der Waals surface area contributed by atoms with Gasteiger partial charge in [0.05, 0.1) is 12.3 Å². The summed E-state index contributed by atoms with van der Waals surface area (Å²) in [4.78, 5) is 2.41. The van der Waals surface area contributed by atoms with Gasteiger partial charge in [0.25, 0.3) is 0 Å². The number of para-hydroxylation sites is 1. The molecule has 20 heavy (non-hydrogen) atoms. The Morgan fingerprint density at radius 3 is 2.90 bits per heavy atom. The van der Waals surface area contributed by atoms with E-state index in [9.17, 15) is 0 Å². The topological polar surface area (TPSA) is 24.5 Å². The molecule has 2 aliphatic rings. The van der Waals surface area contributed by atoms with Crippen LogP contribution in [-0.4, -0.2) is 38.2 Å². The molecular weight excluding hydrogens is 248 g/mol. The number of likely N-dealkylation sites (tertiary alicyclic amines) is 1. The molecule has 0 spiro atoms. The van der Waals surface area contributed by atoms with Gasteiger partial charge < -0.3 is 15.0 Å². The highest BCUT2D eigenvalue weighted by Crippen LogP contribution is 2.35. The van der Waals surface area contributed by atoms with E-state index in [4.69, 9.17) is 4.74 Å². The summed E-state index contributed by atoms with van der Waals surface area (Å²) in [7, 11) is 2.21. The van der Waals surface area contributed by atoms with Crippen LogP contribution in [0, 0.1) is 5.41 Å². The van der Waals surface area contributed by atoms with Gasteiger partial charge in [-0.2, -0.15) is 0 Å². The number of ether oxygens (including phenoxy) is 1. The lowest BCUT2D eigenvalue weighted by Crippen LogP contribution is -2.39. The maximum absolute atomic E-state index is 6.20. The van der Waals surface area contributed by atoms with Crippen molar-refractivity contribution in [2.45, 2.75) is 32.6 Å². The Labute approximate surface area is 122 Å². The van der Waals surface area contributed by atoms with Gasteiger partial charge in [0, 0.05) is 12.0 Å². The highest BCUT2D eigenvalue weighted by Gasteiger charge is 2.30. The second-order valence-electron chi connectivity index (χ2n) is 6.72. The molecule has 0 radical (unpaired) electrons. The lowest BCUT2D eigenvalue weighted by atomic mass is 9.81. The molecular formula is C17H26N2O. The number of piperidine rings is 1. The van der Waals surface area contributed by atoms with Gasteiger partial charge in [0.15, 0.2) is 0 Å². The summed E-state index contributed by atoms with van der Waals surface area (Å²) in [5, 5.41) is 3.51. The number of fused-ring (bicyclic) bond motifs is 1. The highest BCUT2D eigenvalue weighted by atomic mass is 16.5. The summed E-state index contributed by atoms with van der Waals surface area (Å²) in [5.41, 5.74) is 2.96. The smallest absolute Gasteiger partial charge is 0.142 e. The first-order valence-corrected chi connectivity index (χ1v) is 7.83. The van der Waals surface area contributed by atoms with Gasteiger partial charge in [0.2, 0.25) is 0 Å². The van der Waals surface area contributed by atoms with Crippen molar-refractivity contribution in [2.75, 3.05) is 38.6 Å². The zero-order valence-electron chi connectivity index (χ0n) is 12.7. The van der Waals surface area contributed by atoms with E-state index in [0.29, 0.717) is 5.41 Å². The molecule has 0 unspecified atom stereocenters. The zero-order chi connectivity index (χ0) is 14.0. The maximum Gasteiger partial charge on any atom is 0.142 e. The molecule has 1 N–H and O–H groups in total.